The number of hydrogen-bond donors (Lipinski definition) is 0. The molecule has 2 aromatic carbocycles. The average molecular weight is 428 g/mol. The van der Waals surface area contributed by atoms with Gasteiger partial charge >= 0.3 is 0 Å². The summed E-state index contributed by atoms with van der Waals surface area (Å²) in [6.45, 7) is 4.42. The highest BCUT2D eigenvalue weighted by atomic mass is 16.2. The molecule has 162 valence electrons. The Bertz CT molecular complexity index is 1110. The van der Waals surface area contributed by atoms with Crippen molar-refractivity contribution in [2.75, 3.05) is 6.54 Å². The fourth-order valence-corrected chi connectivity index (χ4v) is 4.53. The fraction of sp³-hybridized carbons (Fsp3) is 0.308. The van der Waals surface area contributed by atoms with E-state index >= 15 is 0 Å². The van der Waals surface area contributed by atoms with Gasteiger partial charge in [-0.3, -0.25) is 19.3 Å². The van der Waals surface area contributed by atoms with E-state index in [9.17, 15) is 14.4 Å². The van der Waals surface area contributed by atoms with E-state index in [1.807, 2.05) is 12.1 Å². The average Bonchev–Trinajstić information content (AvgIpc) is 3.08. The molecule has 0 unspecified atom stereocenters. The fourth-order valence-electron chi connectivity index (χ4n) is 4.53. The summed E-state index contributed by atoms with van der Waals surface area (Å²) >= 11 is 0. The van der Waals surface area contributed by atoms with E-state index in [4.69, 9.17) is 5.26 Å². The van der Waals surface area contributed by atoms with E-state index in [-0.39, 0.29) is 23.8 Å². The third kappa shape index (κ3) is 4.06. The van der Waals surface area contributed by atoms with Crippen LogP contribution in [0.5, 0.6) is 0 Å². The number of rotatable bonds is 6. The van der Waals surface area contributed by atoms with E-state index in [1.54, 1.807) is 41.3 Å². The van der Waals surface area contributed by atoms with Gasteiger partial charge in [0.05, 0.1) is 22.8 Å². The van der Waals surface area contributed by atoms with Crippen LogP contribution in [-0.4, -0.2) is 40.1 Å². The summed E-state index contributed by atoms with van der Waals surface area (Å²) in [5.41, 5.74) is 2.49. The topological polar surface area (TPSA) is 81.5 Å². The number of fused-ring (bicyclic) bond motifs is 1. The summed E-state index contributed by atoms with van der Waals surface area (Å²) < 4.78 is 0. The molecule has 6 nitrogen and oxygen atoms in total. The molecule has 0 spiro atoms. The number of nitriles is 1. The SMILES string of the molecule is C=CCN(Cc1ccc(C#N)cc1)C(=O)c1ccc2c(c1)C(=O)N(C1CCCCC1)C2=O. The van der Waals surface area contributed by atoms with Gasteiger partial charge in [0, 0.05) is 24.7 Å². The van der Waals surface area contributed by atoms with E-state index in [0.29, 0.717) is 35.3 Å². The van der Waals surface area contributed by atoms with Crippen LogP contribution in [-0.2, 0) is 6.54 Å². The van der Waals surface area contributed by atoms with Gasteiger partial charge in [0.25, 0.3) is 17.7 Å². The van der Waals surface area contributed by atoms with Gasteiger partial charge in [-0.15, -0.1) is 6.58 Å². The Hall–Kier alpha value is -3.72. The molecule has 1 aliphatic carbocycles. The molecule has 32 heavy (non-hydrogen) atoms. The molecule has 2 aromatic rings. The Morgan fingerprint density at radius 3 is 2.41 bits per heavy atom. The van der Waals surface area contributed by atoms with Gasteiger partial charge in [-0.05, 0) is 48.7 Å². The second kappa shape index (κ2) is 9.19. The predicted molar refractivity (Wildman–Crippen MR) is 120 cm³/mol. The van der Waals surface area contributed by atoms with Gasteiger partial charge in [0.15, 0.2) is 0 Å². The zero-order chi connectivity index (χ0) is 22.7. The standard InChI is InChI=1S/C26H25N3O3/c1-2-14-28(17-19-10-8-18(16-27)9-11-19)24(30)20-12-13-22-23(15-20)26(32)29(25(22)31)21-6-4-3-5-7-21/h2,8-13,15,21H,1,3-7,14,17H2. The second-order valence-corrected chi connectivity index (χ2v) is 8.32. The van der Waals surface area contributed by atoms with Crippen LogP contribution in [0.25, 0.3) is 0 Å². The number of hydrogen-bond acceptors (Lipinski definition) is 4. The molecule has 1 saturated carbocycles. The van der Waals surface area contributed by atoms with Crippen molar-refractivity contribution in [2.45, 2.75) is 44.7 Å². The first-order valence-corrected chi connectivity index (χ1v) is 10.9. The minimum atomic E-state index is -0.297. The number of carbonyl (C=O) groups excluding carboxylic acids is 3. The Labute approximate surface area is 187 Å². The summed E-state index contributed by atoms with van der Waals surface area (Å²) in [6, 6.07) is 13.8. The maximum Gasteiger partial charge on any atom is 0.261 e. The van der Waals surface area contributed by atoms with Crippen LogP contribution in [0.2, 0.25) is 0 Å². The minimum Gasteiger partial charge on any atom is -0.331 e. The minimum absolute atomic E-state index is 0.0519. The second-order valence-electron chi connectivity index (χ2n) is 8.32. The highest BCUT2D eigenvalue weighted by Gasteiger charge is 2.40. The van der Waals surface area contributed by atoms with Crippen LogP contribution < -0.4 is 0 Å². The highest BCUT2D eigenvalue weighted by Crippen LogP contribution is 2.31. The monoisotopic (exact) mass is 427 g/mol. The molecule has 4 rings (SSSR count). The lowest BCUT2D eigenvalue weighted by molar-refractivity contribution is 0.0548. The van der Waals surface area contributed by atoms with Crippen molar-refractivity contribution in [3.05, 3.63) is 82.9 Å². The van der Waals surface area contributed by atoms with Crippen molar-refractivity contribution < 1.29 is 14.4 Å². The Morgan fingerprint density at radius 1 is 1.06 bits per heavy atom. The van der Waals surface area contributed by atoms with Gasteiger partial charge in [0.1, 0.15) is 0 Å². The zero-order valence-electron chi connectivity index (χ0n) is 17.9. The van der Waals surface area contributed by atoms with E-state index < -0.39 is 0 Å². The van der Waals surface area contributed by atoms with Crippen molar-refractivity contribution in [3.63, 3.8) is 0 Å². The lowest BCUT2D eigenvalue weighted by Gasteiger charge is -2.29. The van der Waals surface area contributed by atoms with E-state index in [1.165, 1.54) is 4.90 Å². The van der Waals surface area contributed by atoms with Crippen LogP contribution in [0.3, 0.4) is 0 Å². The maximum atomic E-state index is 13.2. The molecular formula is C26H25N3O3. The number of carbonyl (C=O) groups is 3. The maximum absolute atomic E-state index is 13.2. The first kappa shape index (κ1) is 21.5. The number of imide groups is 1. The molecule has 0 bridgehead atoms. The molecule has 1 fully saturated rings. The third-order valence-electron chi connectivity index (χ3n) is 6.20. The molecule has 0 saturated heterocycles. The van der Waals surface area contributed by atoms with E-state index in [0.717, 1.165) is 37.7 Å². The first-order chi connectivity index (χ1) is 15.5. The van der Waals surface area contributed by atoms with Gasteiger partial charge in [-0.1, -0.05) is 37.5 Å². The summed E-state index contributed by atoms with van der Waals surface area (Å²) in [6.07, 6.45) is 6.51. The highest BCUT2D eigenvalue weighted by molar-refractivity contribution is 6.22. The number of benzene rings is 2. The van der Waals surface area contributed by atoms with Crippen LogP contribution in [0.15, 0.2) is 55.1 Å². The molecular weight excluding hydrogens is 402 g/mol. The van der Waals surface area contributed by atoms with Gasteiger partial charge in [0.2, 0.25) is 0 Å². The Kier molecular flexibility index (Phi) is 6.18. The lowest BCUT2D eigenvalue weighted by Crippen LogP contribution is -2.40. The Balaban J connectivity index is 1.57. The molecule has 2 aliphatic rings. The lowest BCUT2D eigenvalue weighted by atomic mass is 9.94. The van der Waals surface area contributed by atoms with Crippen molar-refractivity contribution in [1.29, 1.82) is 5.26 Å². The summed E-state index contributed by atoms with van der Waals surface area (Å²) in [4.78, 5) is 42.2. The van der Waals surface area contributed by atoms with Gasteiger partial charge < -0.3 is 4.90 Å². The summed E-state index contributed by atoms with van der Waals surface area (Å²) in [5, 5.41) is 8.97. The molecule has 3 amide bonds. The molecule has 0 atom stereocenters. The normalized spacial score (nSPS) is 15.9. The van der Waals surface area contributed by atoms with Crippen molar-refractivity contribution in [3.8, 4) is 6.07 Å². The van der Waals surface area contributed by atoms with Crippen LogP contribution in [0.4, 0.5) is 0 Å². The number of nitrogens with zero attached hydrogens (tertiary/aromatic N) is 3. The summed E-state index contributed by atoms with van der Waals surface area (Å²) in [7, 11) is 0. The van der Waals surface area contributed by atoms with Gasteiger partial charge in [-0.2, -0.15) is 5.26 Å². The molecule has 0 aromatic heterocycles. The molecule has 0 radical (unpaired) electrons. The van der Waals surface area contributed by atoms with E-state index in [2.05, 4.69) is 12.6 Å². The summed E-state index contributed by atoms with van der Waals surface area (Å²) in [5.74, 6) is -0.793. The molecule has 1 heterocycles. The van der Waals surface area contributed by atoms with Crippen molar-refractivity contribution >= 4 is 17.7 Å². The quantitative estimate of drug-likeness (QED) is 0.508. The van der Waals surface area contributed by atoms with Crippen molar-refractivity contribution in [1.82, 2.24) is 9.80 Å². The number of amides is 3. The van der Waals surface area contributed by atoms with Crippen LogP contribution in [0.1, 0.15) is 74.3 Å². The Morgan fingerprint density at radius 2 is 1.75 bits per heavy atom. The first-order valence-electron chi connectivity index (χ1n) is 10.9. The largest absolute Gasteiger partial charge is 0.331 e. The third-order valence-corrected chi connectivity index (χ3v) is 6.20. The molecule has 0 N–H and O–H groups in total. The predicted octanol–water partition coefficient (Wildman–Crippen LogP) is 4.32. The molecule has 6 heteroatoms. The van der Waals surface area contributed by atoms with Gasteiger partial charge in [-0.25, -0.2) is 0 Å². The van der Waals surface area contributed by atoms with Crippen LogP contribution in [0, 0.1) is 11.3 Å². The van der Waals surface area contributed by atoms with Crippen molar-refractivity contribution in [2.24, 2.45) is 0 Å². The smallest absolute Gasteiger partial charge is 0.261 e. The zero-order valence-corrected chi connectivity index (χ0v) is 17.9. The molecule has 1 aliphatic heterocycles. The van der Waals surface area contributed by atoms with Crippen LogP contribution >= 0.6 is 0 Å².